The van der Waals surface area contributed by atoms with Crippen LogP contribution in [0.4, 0.5) is 8.78 Å². The minimum atomic E-state index is -1.22. The predicted octanol–water partition coefficient (Wildman–Crippen LogP) is 2.31. The Bertz CT molecular complexity index is 400. The van der Waals surface area contributed by atoms with Crippen LogP contribution >= 0.6 is 0 Å². The molecule has 0 bridgehead atoms. The van der Waals surface area contributed by atoms with Crippen LogP contribution in [0.2, 0.25) is 0 Å². The Balaban J connectivity index is 2.24. The normalized spacial score (nSPS) is 29.3. The van der Waals surface area contributed by atoms with Crippen LogP contribution in [-0.2, 0) is 5.60 Å². The molecule has 1 aliphatic rings. The van der Waals surface area contributed by atoms with Crippen LogP contribution in [0.15, 0.2) is 18.2 Å². The molecule has 0 heterocycles. The molecular weight excluding hydrogens is 224 g/mol. The highest BCUT2D eigenvalue weighted by atomic mass is 19.1. The lowest BCUT2D eigenvalue weighted by molar-refractivity contribution is -0.0109. The molecule has 17 heavy (non-hydrogen) atoms. The molecular formula is C13H17F2NO. The van der Waals surface area contributed by atoms with Crippen LogP contribution in [0.5, 0.6) is 0 Å². The fourth-order valence-electron chi connectivity index (χ4n) is 2.51. The maximum Gasteiger partial charge on any atom is 0.129 e. The average molecular weight is 241 g/mol. The Labute approximate surface area is 99.7 Å². The topological polar surface area (TPSA) is 32.3 Å². The van der Waals surface area contributed by atoms with Crippen molar-refractivity contribution in [1.29, 1.82) is 0 Å². The molecule has 1 aliphatic carbocycles. The van der Waals surface area contributed by atoms with Crippen molar-refractivity contribution in [1.82, 2.24) is 5.32 Å². The molecule has 0 spiro atoms. The number of halogens is 2. The van der Waals surface area contributed by atoms with Gasteiger partial charge in [-0.1, -0.05) is 0 Å². The lowest BCUT2D eigenvalue weighted by atomic mass is 9.77. The van der Waals surface area contributed by atoms with Crippen LogP contribution in [0.25, 0.3) is 0 Å². The third-order valence-corrected chi connectivity index (χ3v) is 3.65. The van der Waals surface area contributed by atoms with E-state index >= 15 is 0 Å². The summed E-state index contributed by atoms with van der Waals surface area (Å²) in [5.74, 6) is -1.04. The van der Waals surface area contributed by atoms with Crippen molar-refractivity contribution in [3.8, 4) is 0 Å². The summed E-state index contributed by atoms with van der Waals surface area (Å²) in [6, 6.07) is 3.61. The minimum absolute atomic E-state index is 0.0899. The monoisotopic (exact) mass is 241 g/mol. The quantitative estimate of drug-likeness (QED) is 0.832. The molecule has 0 atom stereocenters. The highest BCUT2D eigenvalue weighted by molar-refractivity contribution is 5.26. The van der Waals surface area contributed by atoms with E-state index in [1.807, 2.05) is 7.05 Å². The second kappa shape index (κ2) is 4.70. The van der Waals surface area contributed by atoms with Gasteiger partial charge in [-0.05, 0) is 50.9 Å². The van der Waals surface area contributed by atoms with E-state index in [9.17, 15) is 13.9 Å². The van der Waals surface area contributed by atoms with Gasteiger partial charge in [0.2, 0.25) is 0 Å². The van der Waals surface area contributed by atoms with E-state index in [0.717, 1.165) is 31.0 Å². The van der Waals surface area contributed by atoms with Gasteiger partial charge in [-0.2, -0.15) is 0 Å². The maximum absolute atomic E-state index is 13.6. The third-order valence-electron chi connectivity index (χ3n) is 3.65. The predicted molar refractivity (Wildman–Crippen MR) is 61.6 cm³/mol. The highest BCUT2D eigenvalue weighted by Crippen LogP contribution is 2.38. The largest absolute Gasteiger partial charge is 0.385 e. The SMILES string of the molecule is CNC1CCC(O)(c2cc(F)ccc2F)CC1. The number of rotatable bonds is 2. The zero-order valence-corrected chi connectivity index (χ0v) is 9.84. The number of benzene rings is 1. The van der Waals surface area contributed by atoms with Crippen LogP contribution < -0.4 is 5.32 Å². The summed E-state index contributed by atoms with van der Waals surface area (Å²) in [7, 11) is 1.87. The van der Waals surface area contributed by atoms with E-state index in [0.29, 0.717) is 18.9 Å². The van der Waals surface area contributed by atoms with E-state index in [1.54, 1.807) is 0 Å². The summed E-state index contributed by atoms with van der Waals surface area (Å²) in [5.41, 5.74) is -1.13. The second-order valence-corrected chi connectivity index (χ2v) is 4.72. The first kappa shape index (κ1) is 12.5. The molecule has 1 saturated carbocycles. The first-order valence-corrected chi connectivity index (χ1v) is 5.90. The molecule has 0 radical (unpaired) electrons. The Morgan fingerprint density at radius 1 is 1.29 bits per heavy atom. The van der Waals surface area contributed by atoms with E-state index in [2.05, 4.69) is 5.32 Å². The molecule has 0 aliphatic heterocycles. The van der Waals surface area contributed by atoms with E-state index in [1.165, 1.54) is 0 Å². The van der Waals surface area contributed by atoms with Gasteiger partial charge < -0.3 is 10.4 Å². The van der Waals surface area contributed by atoms with Crippen LogP contribution in [0, 0.1) is 11.6 Å². The van der Waals surface area contributed by atoms with Crippen LogP contribution in [-0.4, -0.2) is 18.2 Å². The second-order valence-electron chi connectivity index (χ2n) is 4.72. The molecule has 0 amide bonds. The van der Waals surface area contributed by atoms with Gasteiger partial charge in [0.05, 0.1) is 5.60 Å². The molecule has 94 valence electrons. The van der Waals surface area contributed by atoms with Gasteiger partial charge in [0.1, 0.15) is 11.6 Å². The zero-order chi connectivity index (χ0) is 12.5. The number of hydrogen-bond donors (Lipinski definition) is 2. The Morgan fingerprint density at radius 2 is 1.94 bits per heavy atom. The van der Waals surface area contributed by atoms with Gasteiger partial charge >= 0.3 is 0 Å². The van der Waals surface area contributed by atoms with Gasteiger partial charge in [0.25, 0.3) is 0 Å². The highest BCUT2D eigenvalue weighted by Gasteiger charge is 2.36. The van der Waals surface area contributed by atoms with Crippen molar-refractivity contribution in [2.24, 2.45) is 0 Å². The van der Waals surface area contributed by atoms with Gasteiger partial charge in [0, 0.05) is 11.6 Å². The van der Waals surface area contributed by atoms with Gasteiger partial charge in [-0.15, -0.1) is 0 Å². The summed E-state index contributed by atoms with van der Waals surface area (Å²) >= 11 is 0. The van der Waals surface area contributed by atoms with Crippen LogP contribution in [0.3, 0.4) is 0 Å². The van der Waals surface area contributed by atoms with Crippen molar-refractivity contribution < 1.29 is 13.9 Å². The Morgan fingerprint density at radius 3 is 2.53 bits per heavy atom. The van der Waals surface area contributed by atoms with Crippen molar-refractivity contribution >= 4 is 0 Å². The van der Waals surface area contributed by atoms with Crippen molar-refractivity contribution in [3.63, 3.8) is 0 Å². The van der Waals surface area contributed by atoms with E-state index < -0.39 is 17.2 Å². The van der Waals surface area contributed by atoms with Crippen molar-refractivity contribution in [2.75, 3.05) is 7.05 Å². The molecule has 2 N–H and O–H groups in total. The van der Waals surface area contributed by atoms with Crippen molar-refractivity contribution in [2.45, 2.75) is 37.3 Å². The molecule has 1 aromatic carbocycles. The fraction of sp³-hybridized carbons (Fsp3) is 0.538. The zero-order valence-electron chi connectivity index (χ0n) is 9.84. The van der Waals surface area contributed by atoms with Crippen LogP contribution in [0.1, 0.15) is 31.2 Å². The van der Waals surface area contributed by atoms with E-state index in [-0.39, 0.29) is 5.56 Å². The van der Waals surface area contributed by atoms with Crippen molar-refractivity contribution in [3.05, 3.63) is 35.4 Å². The third kappa shape index (κ3) is 2.48. The molecule has 2 rings (SSSR count). The Kier molecular flexibility index (Phi) is 3.45. The fourth-order valence-corrected chi connectivity index (χ4v) is 2.51. The first-order valence-electron chi connectivity index (χ1n) is 5.90. The Hall–Kier alpha value is -1.00. The molecule has 0 unspecified atom stereocenters. The molecule has 1 aromatic rings. The molecule has 0 saturated heterocycles. The lowest BCUT2D eigenvalue weighted by Gasteiger charge is -2.36. The van der Waals surface area contributed by atoms with Gasteiger partial charge in [-0.25, -0.2) is 8.78 Å². The lowest BCUT2D eigenvalue weighted by Crippen LogP contribution is -2.38. The number of hydrogen-bond acceptors (Lipinski definition) is 2. The summed E-state index contributed by atoms with van der Waals surface area (Å²) < 4.78 is 26.8. The molecule has 4 heteroatoms. The number of nitrogens with one attached hydrogen (secondary N) is 1. The molecule has 2 nitrogen and oxygen atoms in total. The summed E-state index contributed by atoms with van der Waals surface area (Å²) in [4.78, 5) is 0. The standard InChI is InChI=1S/C13H17F2NO/c1-16-10-4-6-13(17,7-5-10)11-8-9(14)2-3-12(11)15/h2-3,8,10,16-17H,4-7H2,1H3. The minimum Gasteiger partial charge on any atom is -0.385 e. The van der Waals surface area contributed by atoms with Gasteiger partial charge in [0.15, 0.2) is 0 Å². The number of aliphatic hydroxyl groups is 1. The summed E-state index contributed by atoms with van der Waals surface area (Å²) in [5, 5.41) is 13.6. The van der Waals surface area contributed by atoms with E-state index in [4.69, 9.17) is 0 Å². The molecule has 1 fully saturated rings. The summed E-state index contributed by atoms with van der Waals surface area (Å²) in [6.07, 6.45) is 2.45. The summed E-state index contributed by atoms with van der Waals surface area (Å²) in [6.45, 7) is 0. The molecule has 0 aromatic heterocycles. The first-order chi connectivity index (χ1) is 8.05. The van der Waals surface area contributed by atoms with Gasteiger partial charge in [-0.3, -0.25) is 0 Å². The smallest absolute Gasteiger partial charge is 0.129 e. The maximum atomic E-state index is 13.6. The average Bonchev–Trinajstić information content (AvgIpc) is 2.33.